The first-order valence-electron chi connectivity index (χ1n) is 10.3. The van der Waals surface area contributed by atoms with Gasteiger partial charge in [-0.25, -0.2) is 4.98 Å². The summed E-state index contributed by atoms with van der Waals surface area (Å²) in [5.74, 6) is 0.452. The number of fused-ring (bicyclic) bond motifs is 1. The van der Waals surface area contributed by atoms with Crippen molar-refractivity contribution in [1.29, 1.82) is 0 Å². The minimum atomic E-state index is -0.179. The average molecular weight is 464 g/mol. The monoisotopic (exact) mass is 463 g/mol. The van der Waals surface area contributed by atoms with Gasteiger partial charge in [0.2, 0.25) is 0 Å². The summed E-state index contributed by atoms with van der Waals surface area (Å²) in [6.45, 7) is 8.39. The quantitative estimate of drug-likeness (QED) is 0.531. The summed E-state index contributed by atoms with van der Waals surface area (Å²) >= 11 is 7.80. The first-order chi connectivity index (χ1) is 15.0. The lowest BCUT2D eigenvalue weighted by atomic mass is 10.3. The molecular weight excluding hydrogens is 438 g/mol. The molecule has 1 aliphatic rings. The van der Waals surface area contributed by atoms with E-state index >= 15 is 0 Å². The summed E-state index contributed by atoms with van der Waals surface area (Å²) in [6, 6.07) is 5.51. The third-order valence-corrected chi connectivity index (χ3v) is 6.78. The van der Waals surface area contributed by atoms with Crippen molar-refractivity contribution in [3.8, 4) is 5.75 Å². The van der Waals surface area contributed by atoms with Crippen LogP contribution >= 0.6 is 22.9 Å². The van der Waals surface area contributed by atoms with Crippen molar-refractivity contribution in [3.05, 3.63) is 35.1 Å². The Morgan fingerprint density at radius 3 is 2.77 bits per heavy atom. The van der Waals surface area contributed by atoms with Crippen molar-refractivity contribution < 1.29 is 14.3 Å². The number of rotatable bonds is 7. The smallest absolute Gasteiger partial charge is 0.280 e. The maximum absolute atomic E-state index is 13.5. The highest BCUT2D eigenvalue weighted by Gasteiger charge is 2.26. The van der Waals surface area contributed by atoms with Crippen LogP contribution in [0.1, 0.15) is 30.4 Å². The zero-order valence-corrected chi connectivity index (χ0v) is 19.4. The summed E-state index contributed by atoms with van der Waals surface area (Å²) in [5.41, 5.74) is 1.06. The van der Waals surface area contributed by atoms with E-state index < -0.39 is 0 Å². The standard InChI is InChI=1S/C21H26ClN5O3S/c1-14(2)27-7-6-16(24-27)20(28)26(9-8-25-10-12-30-13-11-25)21-23-18-17(29-3)5-4-15(22)19(18)31-21/h4-7,14H,8-13H2,1-3H3. The zero-order chi connectivity index (χ0) is 22.0. The SMILES string of the molecule is COc1ccc(Cl)c2sc(N(CCN3CCOCC3)C(=O)c3ccn(C(C)C)n3)nc12. The van der Waals surface area contributed by atoms with Crippen molar-refractivity contribution >= 4 is 44.2 Å². The summed E-state index contributed by atoms with van der Waals surface area (Å²) in [4.78, 5) is 22.2. The second kappa shape index (κ2) is 9.52. The molecule has 0 atom stereocenters. The van der Waals surface area contributed by atoms with Gasteiger partial charge in [-0.2, -0.15) is 5.10 Å². The number of thiazole rings is 1. The van der Waals surface area contributed by atoms with Crippen LogP contribution < -0.4 is 9.64 Å². The van der Waals surface area contributed by atoms with Gasteiger partial charge in [0.1, 0.15) is 11.3 Å². The van der Waals surface area contributed by atoms with Crippen LogP contribution in [0.5, 0.6) is 5.75 Å². The molecule has 2 aromatic heterocycles. The van der Waals surface area contributed by atoms with E-state index in [0.717, 1.165) is 24.3 Å². The number of aromatic nitrogens is 3. The van der Waals surface area contributed by atoms with Crippen molar-refractivity contribution in [2.75, 3.05) is 51.4 Å². The van der Waals surface area contributed by atoms with E-state index in [1.165, 1.54) is 11.3 Å². The predicted octanol–water partition coefficient (Wildman–Crippen LogP) is 3.71. The molecule has 0 aliphatic carbocycles. The second-order valence-electron chi connectivity index (χ2n) is 7.61. The van der Waals surface area contributed by atoms with Gasteiger partial charge in [0.15, 0.2) is 10.8 Å². The largest absolute Gasteiger partial charge is 0.494 e. The van der Waals surface area contributed by atoms with Crippen LogP contribution in [0, 0.1) is 0 Å². The number of hydrogen-bond acceptors (Lipinski definition) is 7. The number of hydrogen-bond donors (Lipinski definition) is 0. The number of halogens is 1. The van der Waals surface area contributed by atoms with Gasteiger partial charge in [0, 0.05) is 38.4 Å². The van der Waals surface area contributed by atoms with Crippen molar-refractivity contribution in [2.45, 2.75) is 19.9 Å². The van der Waals surface area contributed by atoms with Gasteiger partial charge in [0.25, 0.3) is 5.91 Å². The second-order valence-corrected chi connectivity index (χ2v) is 8.99. The van der Waals surface area contributed by atoms with Gasteiger partial charge in [-0.1, -0.05) is 22.9 Å². The van der Waals surface area contributed by atoms with E-state index in [9.17, 15) is 4.79 Å². The Morgan fingerprint density at radius 2 is 2.10 bits per heavy atom. The molecule has 0 unspecified atom stereocenters. The third-order valence-electron chi connectivity index (χ3n) is 5.24. The fourth-order valence-electron chi connectivity index (χ4n) is 3.45. The van der Waals surface area contributed by atoms with Crippen LogP contribution in [0.4, 0.5) is 5.13 Å². The summed E-state index contributed by atoms with van der Waals surface area (Å²) in [5, 5.41) is 5.64. The molecule has 1 aliphatic heterocycles. The van der Waals surface area contributed by atoms with Crippen molar-refractivity contribution in [1.82, 2.24) is 19.7 Å². The molecule has 10 heteroatoms. The lowest BCUT2D eigenvalue weighted by molar-refractivity contribution is 0.0391. The third kappa shape index (κ3) is 4.69. The van der Waals surface area contributed by atoms with E-state index in [-0.39, 0.29) is 11.9 Å². The highest BCUT2D eigenvalue weighted by atomic mass is 35.5. The van der Waals surface area contributed by atoms with Crippen molar-refractivity contribution in [3.63, 3.8) is 0 Å². The number of nitrogens with zero attached hydrogens (tertiary/aromatic N) is 5. The molecule has 0 radical (unpaired) electrons. The lowest BCUT2D eigenvalue weighted by Crippen LogP contribution is -2.43. The van der Waals surface area contributed by atoms with E-state index in [0.29, 0.717) is 46.9 Å². The normalized spacial score (nSPS) is 15.0. The maximum Gasteiger partial charge on any atom is 0.280 e. The minimum absolute atomic E-state index is 0.175. The molecule has 1 amide bonds. The van der Waals surface area contributed by atoms with Gasteiger partial charge >= 0.3 is 0 Å². The number of carbonyl (C=O) groups is 1. The number of ether oxygens (including phenoxy) is 2. The molecule has 1 fully saturated rings. The number of methoxy groups -OCH3 is 1. The molecule has 0 bridgehead atoms. The molecule has 0 N–H and O–H groups in total. The van der Waals surface area contributed by atoms with E-state index in [4.69, 9.17) is 26.1 Å². The van der Waals surface area contributed by atoms with E-state index in [1.54, 1.807) is 34.9 Å². The fraction of sp³-hybridized carbons (Fsp3) is 0.476. The fourth-order valence-corrected chi connectivity index (χ4v) is 4.73. The van der Waals surface area contributed by atoms with Gasteiger partial charge in [-0.15, -0.1) is 0 Å². The van der Waals surface area contributed by atoms with E-state index in [1.807, 2.05) is 20.0 Å². The molecule has 3 heterocycles. The Balaban J connectivity index is 1.68. The number of carbonyl (C=O) groups excluding carboxylic acids is 1. The number of anilines is 1. The molecule has 8 nitrogen and oxygen atoms in total. The summed E-state index contributed by atoms with van der Waals surface area (Å²) < 4.78 is 13.5. The molecule has 0 saturated carbocycles. The average Bonchev–Trinajstić information content (AvgIpc) is 3.43. The Hall–Kier alpha value is -2.20. The summed E-state index contributed by atoms with van der Waals surface area (Å²) in [7, 11) is 1.60. The predicted molar refractivity (Wildman–Crippen MR) is 123 cm³/mol. The number of amides is 1. The summed E-state index contributed by atoms with van der Waals surface area (Å²) in [6.07, 6.45) is 1.83. The molecule has 166 valence electrons. The van der Waals surface area contributed by atoms with Crippen LogP contribution in [-0.4, -0.2) is 72.1 Å². The zero-order valence-electron chi connectivity index (χ0n) is 17.9. The highest BCUT2D eigenvalue weighted by Crippen LogP contribution is 2.39. The van der Waals surface area contributed by atoms with Gasteiger partial charge in [-0.3, -0.25) is 19.3 Å². The van der Waals surface area contributed by atoms with Gasteiger partial charge < -0.3 is 9.47 Å². The Kier molecular flexibility index (Phi) is 6.76. The van der Waals surface area contributed by atoms with Crippen LogP contribution in [0.15, 0.2) is 24.4 Å². The molecule has 1 aromatic carbocycles. The topological polar surface area (TPSA) is 72.7 Å². The molecule has 1 saturated heterocycles. The van der Waals surface area contributed by atoms with Gasteiger partial charge in [-0.05, 0) is 32.0 Å². The number of morpholine rings is 1. The van der Waals surface area contributed by atoms with Crippen LogP contribution in [0.3, 0.4) is 0 Å². The lowest BCUT2D eigenvalue weighted by Gasteiger charge is -2.29. The molecule has 31 heavy (non-hydrogen) atoms. The Bertz CT molecular complexity index is 1060. The Morgan fingerprint density at radius 1 is 1.32 bits per heavy atom. The first kappa shape index (κ1) is 22.0. The van der Waals surface area contributed by atoms with Gasteiger partial charge in [0.05, 0.1) is 30.0 Å². The van der Waals surface area contributed by atoms with Crippen molar-refractivity contribution in [2.24, 2.45) is 0 Å². The Labute approximate surface area is 190 Å². The molecule has 0 spiro atoms. The minimum Gasteiger partial charge on any atom is -0.494 e. The van der Waals surface area contributed by atoms with Crippen LogP contribution in [0.2, 0.25) is 5.02 Å². The van der Waals surface area contributed by atoms with Crippen LogP contribution in [0.25, 0.3) is 10.2 Å². The number of benzene rings is 1. The molecule has 3 aromatic rings. The molecule has 4 rings (SSSR count). The van der Waals surface area contributed by atoms with E-state index in [2.05, 4.69) is 10.00 Å². The first-order valence-corrected chi connectivity index (χ1v) is 11.5. The maximum atomic E-state index is 13.5. The molecular formula is C21H26ClN5O3S. The highest BCUT2D eigenvalue weighted by molar-refractivity contribution is 7.23. The van der Waals surface area contributed by atoms with Crippen LogP contribution in [-0.2, 0) is 4.74 Å².